The van der Waals surface area contributed by atoms with E-state index in [4.69, 9.17) is 0 Å². The minimum Gasteiger partial charge on any atom is -0.372 e. The number of carbonyl (C=O) groups is 1. The van der Waals surface area contributed by atoms with Crippen molar-refractivity contribution in [3.8, 4) is 0 Å². The van der Waals surface area contributed by atoms with E-state index in [1.807, 2.05) is 0 Å². The Morgan fingerprint density at radius 3 is 2.30 bits per heavy atom. The molecule has 0 bridgehead atoms. The van der Waals surface area contributed by atoms with Crippen molar-refractivity contribution in [1.82, 2.24) is 4.90 Å². The minimum absolute atomic E-state index is 0.115. The summed E-state index contributed by atoms with van der Waals surface area (Å²) in [5, 5.41) is 3.10. The number of hydrogen-bond donors (Lipinski definition) is 1. The Kier molecular flexibility index (Phi) is 5.55. The third-order valence-electron chi connectivity index (χ3n) is 5.02. The molecule has 1 aromatic rings. The van der Waals surface area contributed by atoms with Crippen LogP contribution in [-0.4, -0.2) is 43.5 Å². The summed E-state index contributed by atoms with van der Waals surface area (Å²) in [5.74, 6) is 0.115. The van der Waals surface area contributed by atoms with Crippen LogP contribution in [-0.2, 0) is 4.79 Å². The zero-order valence-electron chi connectivity index (χ0n) is 14.3. The average molecular weight is 315 g/mol. The van der Waals surface area contributed by atoms with E-state index < -0.39 is 0 Å². The van der Waals surface area contributed by atoms with Crippen molar-refractivity contribution >= 4 is 17.3 Å². The average Bonchev–Trinajstić information content (AvgIpc) is 2.95. The summed E-state index contributed by atoms with van der Waals surface area (Å²) < 4.78 is 0. The zero-order chi connectivity index (χ0) is 16.1. The Bertz CT molecular complexity index is 529. The third kappa shape index (κ3) is 4.47. The lowest BCUT2D eigenvalue weighted by Crippen LogP contribution is -2.34. The number of nitrogens with zero attached hydrogens (tertiary/aromatic N) is 2. The van der Waals surface area contributed by atoms with Gasteiger partial charge in [-0.2, -0.15) is 0 Å². The SMILES string of the molecule is Cc1cc(N2CCCC2)ccc1NC(=O)CN1CCCCCC1. The number of likely N-dealkylation sites (tertiary alicyclic amines) is 1. The summed E-state index contributed by atoms with van der Waals surface area (Å²) >= 11 is 0. The van der Waals surface area contributed by atoms with Crippen LogP contribution in [0.2, 0.25) is 0 Å². The molecule has 23 heavy (non-hydrogen) atoms. The molecule has 2 fully saturated rings. The first-order chi connectivity index (χ1) is 11.2. The zero-order valence-corrected chi connectivity index (χ0v) is 14.3. The van der Waals surface area contributed by atoms with Crippen LogP contribution < -0.4 is 10.2 Å². The number of rotatable bonds is 4. The van der Waals surface area contributed by atoms with E-state index >= 15 is 0 Å². The minimum atomic E-state index is 0.115. The highest BCUT2D eigenvalue weighted by molar-refractivity contribution is 5.93. The second-order valence-electron chi connectivity index (χ2n) is 6.93. The van der Waals surface area contributed by atoms with Gasteiger partial charge in [0.1, 0.15) is 0 Å². The van der Waals surface area contributed by atoms with Crippen molar-refractivity contribution in [3.63, 3.8) is 0 Å². The molecule has 4 heteroatoms. The van der Waals surface area contributed by atoms with Crippen LogP contribution in [0.3, 0.4) is 0 Å². The van der Waals surface area contributed by atoms with Crippen molar-refractivity contribution < 1.29 is 4.79 Å². The van der Waals surface area contributed by atoms with Gasteiger partial charge in [-0.15, -0.1) is 0 Å². The van der Waals surface area contributed by atoms with Crippen LogP contribution in [0.15, 0.2) is 18.2 Å². The van der Waals surface area contributed by atoms with Crippen LogP contribution in [0.25, 0.3) is 0 Å². The predicted octanol–water partition coefficient (Wildman–Crippen LogP) is 3.41. The number of benzene rings is 1. The molecular weight excluding hydrogens is 286 g/mol. The first kappa shape index (κ1) is 16.3. The van der Waals surface area contributed by atoms with Crippen LogP contribution in [0.4, 0.5) is 11.4 Å². The monoisotopic (exact) mass is 315 g/mol. The Balaban J connectivity index is 1.57. The molecule has 2 heterocycles. The van der Waals surface area contributed by atoms with Crippen molar-refractivity contribution in [3.05, 3.63) is 23.8 Å². The van der Waals surface area contributed by atoms with Crippen LogP contribution in [0.5, 0.6) is 0 Å². The van der Waals surface area contributed by atoms with Crippen molar-refractivity contribution in [1.29, 1.82) is 0 Å². The molecule has 0 aromatic heterocycles. The van der Waals surface area contributed by atoms with Crippen LogP contribution in [0, 0.1) is 6.92 Å². The Hall–Kier alpha value is -1.55. The highest BCUT2D eigenvalue weighted by Gasteiger charge is 2.15. The second kappa shape index (κ2) is 7.82. The van der Waals surface area contributed by atoms with E-state index in [-0.39, 0.29) is 5.91 Å². The molecule has 2 saturated heterocycles. The number of aryl methyl sites for hydroxylation is 1. The number of nitrogens with one attached hydrogen (secondary N) is 1. The standard InChI is InChI=1S/C19H29N3O/c1-16-14-17(22-12-6-7-13-22)8-9-18(16)20-19(23)15-21-10-4-2-3-5-11-21/h8-9,14H,2-7,10-13,15H2,1H3,(H,20,23). The molecule has 0 atom stereocenters. The van der Waals surface area contributed by atoms with Gasteiger partial charge >= 0.3 is 0 Å². The fourth-order valence-corrected chi connectivity index (χ4v) is 3.65. The number of anilines is 2. The summed E-state index contributed by atoms with van der Waals surface area (Å²) in [6, 6.07) is 6.40. The molecule has 0 spiro atoms. The van der Waals surface area contributed by atoms with Gasteiger partial charge < -0.3 is 10.2 Å². The van der Waals surface area contributed by atoms with Gasteiger partial charge in [0.2, 0.25) is 5.91 Å². The van der Waals surface area contributed by atoms with E-state index in [9.17, 15) is 4.79 Å². The molecular formula is C19H29N3O. The molecule has 2 aliphatic rings. The maximum atomic E-state index is 12.3. The van der Waals surface area contributed by atoms with Gasteiger partial charge in [-0.25, -0.2) is 0 Å². The summed E-state index contributed by atoms with van der Waals surface area (Å²) in [5.41, 5.74) is 3.39. The Morgan fingerprint density at radius 2 is 1.65 bits per heavy atom. The molecule has 1 aromatic carbocycles. The van der Waals surface area contributed by atoms with Gasteiger partial charge in [-0.05, 0) is 69.5 Å². The first-order valence-electron chi connectivity index (χ1n) is 9.10. The predicted molar refractivity (Wildman–Crippen MR) is 96.2 cm³/mol. The summed E-state index contributed by atoms with van der Waals surface area (Å²) in [7, 11) is 0. The lowest BCUT2D eigenvalue weighted by atomic mass is 10.1. The molecule has 2 aliphatic heterocycles. The number of carbonyl (C=O) groups excluding carboxylic acids is 1. The highest BCUT2D eigenvalue weighted by Crippen LogP contribution is 2.25. The summed E-state index contributed by atoms with van der Waals surface area (Å²) in [6.07, 6.45) is 7.61. The van der Waals surface area contributed by atoms with E-state index in [2.05, 4.69) is 40.2 Å². The molecule has 0 aliphatic carbocycles. The van der Waals surface area contributed by atoms with Gasteiger partial charge in [0, 0.05) is 24.5 Å². The molecule has 0 radical (unpaired) electrons. The molecule has 4 nitrogen and oxygen atoms in total. The first-order valence-corrected chi connectivity index (χ1v) is 9.10. The molecule has 0 unspecified atom stereocenters. The van der Waals surface area contributed by atoms with Crippen molar-refractivity contribution in [2.75, 3.05) is 42.9 Å². The highest BCUT2D eigenvalue weighted by atomic mass is 16.2. The maximum Gasteiger partial charge on any atom is 0.238 e. The van der Waals surface area contributed by atoms with Gasteiger partial charge in [0.25, 0.3) is 0 Å². The van der Waals surface area contributed by atoms with Crippen molar-refractivity contribution in [2.24, 2.45) is 0 Å². The van der Waals surface area contributed by atoms with Gasteiger partial charge in [0.05, 0.1) is 6.54 Å². The van der Waals surface area contributed by atoms with E-state index in [1.54, 1.807) is 0 Å². The number of hydrogen-bond acceptors (Lipinski definition) is 3. The fraction of sp³-hybridized carbons (Fsp3) is 0.632. The second-order valence-corrected chi connectivity index (χ2v) is 6.93. The van der Waals surface area contributed by atoms with E-state index in [1.165, 1.54) is 44.2 Å². The van der Waals surface area contributed by atoms with Gasteiger partial charge in [0.15, 0.2) is 0 Å². The van der Waals surface area contributed by atoms with Crippen LogP contribution >= 0.6 is 0 Å². The summed E-state index contributed by atoms with van der Waals surface area (Å²) in [6.45, 7) is 7.02. The topological polar surface area (TPSA) is 35.6 Å². The smallest absolute Gasteiger partial charge is 0.238 e. The molecule has 1 N–H and O–H groups in total. The number of amides is 1. The summed E-state index contributed by atoms with van der Waals surface area (Å²) in [4.78, 5) is 17.0. The fourth-order valence-electron chi connectivity index (χ4n) is 3.65. The maximum absolute atomic E-state index is 12.3. The Morgan fingerprint density at radius 1 is 1.00 bits per heavy atom. The van der Waals surface area contributed by atoms with Gasteiger partial charge in [-0.1, -0.05) is 12.8 Å². The lowest BCUT2D eigenvalue weighted by Gasteiger charge is -2.21. The van der Waals surface area contributed by atoms with Crippen LogP contribution in [0.1, 0.15) is 44.1 Å². The molecule has 3 rings (SSSR count). The lowest BCUT2D eigenvalue weighted by molar-refractivity contribution is -0.117. The van der Waals surface area contributed by atoms with E-state index in [0.717, 1.165) is 37.4 Å². The van der Waals surface area contributed by atoms with E-state index in [0.29, 0.717) is 6.54 Å². The molecule has 126 valence electrons. The quantitative estimate of drug-likeness (QED) is 0.925. The molecule has 0 saturated carbocycles. The Labute approximate surface area is 139 Å². The normalized spacial score (nSPS) is 19.6. The van der Waals surface area contributed by atoms with Crippen molar-refractivity contribution in [2.45, 2.75) is 45.4 Å². The van der Waals surface area contributed by atoms with Gasteiger partial charge in [-0.3, -0.25) is 9.69 Å². The molecule has 1 amide bonds. The largest absolute Gasteiger partial charge is 0.372 e. The third-order valence-corrected chi connectivity index (χ3v) is 5.02.